The second-order valence-electron chi connectivity index (χ2n) is 3.90. The molecule has 1 N–H and O–H groups in total. The maximum absolute atomic E-state index is 10.9. The van der Waals surface area contributed by atoms with Gasteiger partial charge in [-0.3, -0.25) is 10.1 Å². The summed E-state index contributed by atoms with van der Waals surface area (Å²) in [4.78, 5) is 14.4. The molecule has 6 nitrogen and oxygen atoms in total. The SMILES string of the molecule is C[C@@H](O)COc1ccc([N+](=O)[O-])c2ncccc12. The summed E-state index contributed by atoms with van der Waals surface area (Å²) in [5, 5.41) is 20.6. The number of hydrogen-bond acceptors (Lipinski definition) is 5. The maximum atomic E-state index is 10.9. The topological polar surface area (TPSA) is 85.5 Å². The molecule has 0 bridgehead atoms. The number of aliphatic hydroxyl groups excluding tert-OH is 1. The van der Waals surface area contributed by atoms with Gasteiger partial charge in [-0.05, 0) is 25.1 Å². The average molecular weight is 248 g/mol. The molecule has 0 aliphatic heterocycles. The zero-order valence-corrected chi connectivity index (χ0v) is 9.74. The van der Waals surface area contributed by atoms with Crippen LogP contribution in [0, 0.1) is 10.1 Å². The van der Waals surface area contributed by atoms with E-state index in [-0.39, 0.29) is 17.8 Å². The van der Waals surface area contributed by atoms with Crippen LogP contribution in [0.25, 0.3) is 10.9 Å². The molecule has 0 spiro atoms. The van der Waals surface area contributed by atoms with E-state index in [2.05, 4.69) is 4.98 Å². The molecule has 2 rings (SSSR count). The van der Waals surface area contributed by atoms with Gasteiger partial charge >= 0.3 is 0 Å². The number of ether oxygens (including phenoxy) is 1. The number of nitrogens with zero attached hydrogens (tertiary/aromatic N) is 2. The van der Waals surface area contributed by atoms with Gasteiger partial charge in [0.2, 0.25) is 0 Å². The van der Waals surface area contributed by atoms with Crippen molar-refractivity contribution in [2.75, 3.05) is 6.61 Å². The first-order chi connectivity index (χ1) is 8.59. The molecule has 0 unspecified atom stereocenters. The molecular weight excluding hydrogens is 236 g/mol. The molecule has 0 aliphatic rings. The van der Waals surface area contributed by atoms with Gasteiger partial charge in [0, 0.05) is 17.6 Å². The number of rotatable bonds is 4. The summed E-state index contributed by atoms with van der Waals surface area (Å²) in [6, 6.07) is 6.26. The van der Waals surface area contributed by atoms with Crippen molar-refractivity contribution >= 4 is 16.6 Å². The quantitative estimate of drug-likeness (QED) is 0.659. The van der Waals surface area contributed by atoms with E-state index in [0.29, 0.717) is 11.1 Å². The smallest absolute Gasteiger partial charge is 0.295 e. The summed E-state index contributed by atoms with van der Waals surface area (Å²) in [6.07, 6.45) is 0.889. The second-order valence-corrected chi connectivity index (χ2v) is 3.90. The standard InChI is InChI=1S/C12H12N2O4/c1-8(15)7-18-11-5-4-10(14(16)17)12-9(11)3-2-6-13-12/h2-6,8,15H,7H2,1H3/t8-/m1/s1. The summed E-state index contributed by atoms with van der Waals surface area (Å²) < 4.78 is 5.40. The fourth-order valence-electron chi connectivity index (χ4n) is 1.62. The molecule has 6 heteroatoms. The molecule has 0 saturated heterocycles. The lowest BCUT2D eigenvalue weighted by molar-refractivity contribution is -0.383. The first-order valence-corrected chi connectivity index (χ1v) is 5.42. The number of benzene rings is 1. The minimum Gasteiger partial charge on any atom is -0.490 e. The van der Waals surface area contributed by atoms with Crippen molar-refractivity contribution in [1.29, 1.82) is 0 Å². The monoisotopic (exact) mass is 248 g/mol. The highest BCUT2D eigenvalue weighted by Gasteiger charge is 2.16. The van der Waals surface area contributed by atoms with Gasteiger partial charge in [-0.15, -0.1) is 0 Å². The van der Waals surface area contributed by atoms with Gasteiger partial charge in [0.25, 0.3) is 5.69 Å². The number of non-ortho nitro benzene ring substituents is 1. The minimum absolute atomic E-state index is 0.0602. The largest absolute Gasteiger partial charge is 0.490 e. The first kappa shape index (κ1) is 12.3. The zero-order chi connectivity index (χ0) is 13.1. The third-order valence-corrected chi connectivity index (χ3v) is 2.39. The first-order valence-electron chi connectivity index (χ1n) is 5.42. The summed E-state index contributed by atoms with van der Waals surface area (Å²) in [7, 11) is 0. The Morgan fingerprint density at radius 1 is 1.50 bits per heavy atom. The number of hydrogen-bond donors (Lipinski definition) is 1. The van der Waals surface area contributed by atoms with Crippen molar-refractivity contribution < 1.29 is 14.8 Å². The highest BCUT2D eigenvalue weighted by Crippen LogP contribution is 2.31. The molecule has 2 aromatic rings. The highest BCUT2D eigenvalue weighted by atomic mass is 16.6. The lowest BCUT2D eigenvalue weighted by Gasteiger charge is -2.10. The molecule has 1 aromatic heterocycles. The van der Waals surface area contributed by atoms with Crippen LogP contribution in [-0.4, -0.2) is 27.7 Å². The molecule has 0 amide bonds. The van der Waals surface area contributed by atoms with E-state index in [4.69, 9.17) is 4.74 Å². The molecule has 0 aliphatic carbocycles. The molecule has 0 fully saturated rings. The number of pyridine rings is 1. The number of aliphatic hydroxyl groups is 1. The predicted molar refractivity (Wildman–Crippen MR) is 65.6 cm³/mol. The number of fused-ring (bicyclic) bond motifs is 1. The predicted octanol–water partition coefficient (Wildman–Crippen LogP) is 1.90. The molecule has 1 atom stereocenters. The lowest BCUT2D eigenvalue weighted by atomic mass is 10.1. The van der Waals surface area contributed by atoms with Gasteiger partial charge in [0.1, 0.15) is 12.4 Å². The summed E-state index contributed by atoms with van der Waals surface area (Å²) in [5.41, 5.74) is 0.223. The van der Waals surface area contributed by atoms with E-state index in [9.17, 15) is 15.2 Å². The van der Waals surface area contributed by atoms with E-state index in [1.54, 1.807) is 19.1 Å². The van der Waals surface area contributed by atoms with E-state index in [0.717, 1.165) is 0 Å². The molecule has 18 heavy (non-hydrogen) atoms. The average Bonchev–Trinajstić information content (AvgIpc) is 2.35. The fourth-order valence-corrected chi connectivity index (χ4v) is 1.62. The van der Waals surface area contributed by atoms with Crippen LogP contribution in [0.15, 0.2) is 30.5 Å². The van der Waals surface area contributed by atoms with Crippen molar-refractivity contribution in [3.05, 3.63) is 40.6 Å². The fraction of sp³-hybridized carbons (Fsp3) is 0.250. The van der Waals surface area contributed by atoms with Crippen LogP contribution in [-0.2, 0) is 0 Å². The number of aromatic nitrogens is 1. The van der Waals surface area contributed by atoms with E-state index >= 15 is 0 Å². The Morgan fingerprint density at radius 3 is 2.94 bits per heavy atom. The van der Waals surface area contributed by atoms with Gasteiger partial charge in [-0.25, -0.2) is 4.98 Å². The van der Waals surface area contributed by atoms with Gasteiger partial charge in [0.05, 0.1) is 11.0 Å². The van der Waals surface area contributed by atoms with E-state index in [1.165, 1.54) is 18.3 Å². The van der Waals surface area contributed by atoms with E-state index < -0.39 is 11.0 Å². The van der Waals surface area contributed by atoms with Crippen LogP contribution in [0.2, 0.25) is 0 Å². The summed E-state index contributed by atoms with van der Waals surface area (Å²) >= 11 is 0. The summed E-state index contributed by atoms with van der Waals surface area (Å²) in [6.45, 7) is 1.73. The third kappa shape index (κ3) is 2.38. The lowest BCUT2D eigenvalue weighted by Crippen LogP contribution is -2.13. The Kier molecular flexibility index (Phi) is 3.38. The Balaban J connectivity index is 2.50. The number of nitro groups is 1. The Morgan fingerprint density at radius 2 is 2.28 bits per heavy atom. The van der Waals surface area contributed by atoms with E-state index in [1.807, 2.05) is 0 Å². The molecule has 0 radical (unpaired) electrons. The normalized spacial score (nSPS) is 12.3. The van der Waals surface area contributed by atoms with Crippen LogP contribution >= 0.6 is 0 Å². The summed E-state index contributed by atoms with van der Waals surface area (Å²) in [5.74, 6) is 0.476. The Hall–Kier alpha value is -2.21. The van der Waals surface area contributed by atoms with Crippen LogP contribution in [0.3, 0.4) is 0 Å². The van der Waals surface area contributed by atoms with Gasteiger partial charge in [0.15, 0.2) is 5.52 Å². The van der Waals surface area contributed by atoms with Crippen molar-refractivity contribution in [3.8, 4) is 5.75 Å². The maximum Gasteiger partial charge on any atom is 0.295 e. The molecule has 1 heterocycles. The van der Waals surface area contributed by atoms with Crippen molar-refractivity contribution in [2.24, 2.45) is 0 Å². The molecular formula is C12H12N2O4. The molecule has 1 aromatic carbocycles. The third-order valence-electron chi connectivity index (χ3n) is 2.39. The zero-order valence-electron chi connectivity index (χ0n) is 9.74. The van der Waals surface area contributed by atoms with Crippen LogP contribution in [0.4, 0.5) is 5.69 Å². The Labute approximate surface area is 103 Å². The van der Waals surface area contributed by atoms with Gasteiger partial charge < -0.3 is 9.84 Å². The van der Waals surface area contributed by atoms with Crippen molar-refractivity contribution in [2.45, 2.75) is 13.0 Å². The van der Waals surface area contributed by atoms with Gasteiger partial charge in [-0.1, -0.05) is 0 Å². The molecule has 0 saturated carbocycles. The molecule has 94 valence electrons. The van der Waals surface area contributed by atoms with Crippen molar-refractivity contribution in [1.82, 2.24) is 4.98 Å². The van der Waals surface area contributed by atoms with Crippen LogP contribution in [0.1, 0.15) is 6.92 Å². The second kappa shape index (κ2) is 4.97. The Bertz CT molecular complexity index is 583. The van der Waals surface area contributed by atoms with Crippen LogP contribution < -0.4 is 4.74 Å². The van der Waals surface area contributed by atoms with Crippen LogP contribution in [0.5, 0.6) is 5.75 Å². The van der Waals surface area contributed by atoms with Gasteiger partial charge in [-0.2, -0.15) is 0 Å². The minimum atomic E-state index is -0.605. The van der Waals surface area contributed by atoms with Crippen molar-refractivity contribution in [3.63, 3.8) is 0 Å². The number of nitro benzene ring substituents is 1. The highest BCUT2D eigenvalue weighted by molar-refractivity contribution is 5.91.